The molecule has 0 spiro atoms. The monoisotopic (exact) mass is 532 g/mol. The molecule has 6 nitrogen and oxygen atoms in total. The first-order chi connectivity index (χ1) is 17.7. The van der Waals surface area contributed by atoms with Crippen molar-refractivity contribution in [2.45, 2.75) is 20.3 Å². The fraction of sp³-hybridized carbons (Fsp3) is 0.103. The minimum Gasteiger partial charge on any atom is -0.308 e. The molecule has 8 heteroatoms. The van der Waals surface area contributed by atoms with E-state index < -0.39 is 0 Å². The molecule has 4 rings (SSSR count). The zero-order chi connectivity index (χ0) is 26.4. The second-order valence-corrected chi connectivity index (χ2v) is 9.47. The second kappa shape index (κ2) is 11.8. The van der Waals surface area contributed by atoms with Crippen LogP contribution in [0.25, 0.3) is 0 Å². The minimum absolute atomic E-state index is 0.342. The lowest BCUT2D eigenvalue weighted by atomic mass is 10.0. The summed E-state index contributed by atoms with van der Waals surface area (Å²) in [7, 11) is 0. The van der Waals surface area contributed by atoms with Gasteiger partial charge in [-0.25, -0.2) is 9.59 Å². The van der Waals surface area contributed by atoms with Crippen molar-refractivity contribution in [3.05, 3.63) is 117 Å². The van der Waals surface area contributed by atoms with Gasteiger partial charge in [0, 0.05) is 32.8 Å². The summed E-state index contributed by atoms with van der Waals surface area (Å²) in [5.41, 5.74) is 6.68. The number of halogens is 2. The third-order valence-electron chi connectivity index (χ3n) is 5.69. The number of amides is 4. The SMILES string of the molecule is Cc1ccc(NC(=O)Nc2ccc(Cc3ccc(NC(=O)Nc4ccc(C)c(Cl)c4)cc3)cc2)cc1Cl. The van der Waals surface area contributed by atoms with Gasteiger partial charge in [-0.05, 0) is 91.1 Å². The number of carbonyl (C=O) groups excluding carboxylic acids is 2. The summed E-state index contributed by atoms with van der Waals surface area (Å²) < 4.78 is 0. The van der Waals surface area contributed by atoms with Crippen LogP contribution in [0, 0.1) is 13.8 Å². The van der Waals surface area contributed by atoms with Gasteiger partial charge in [0.1, 0.15) is 0 Å². The van der Waals surface area contributed by atoms with Crippen molar-refractivity contribution >= 4 is 58.0 Å². The number of benzene rings is 4. The van der Waals surface area contributed by atoms with E-state index in [4.69, 9.17) is 23.2 Å². The summed E-state index contributed by atoms with van der Waals surface area (Å²) in [5.74, 6) is 0. The van der Waals surface area contributed by atoms with Crippen LogP contribution in [0.5, 0.6) is 0 Å². The van der Waals surface area contributed by atoms with Crippen LogP contribution < -0.4 is 21.3 Å². The fourth-order valence-corrected chi connectivity index (χ4v) is 3.94. The molecule has 0 aliphatic carbocycles. The van der Waals surface area contributed by atoms with Gasteiger partial charge in [0.05, 0.1) is 0 Å². The lowest BCUT2D eigenvalue weighted by molar-refractivity contribution is 0.261. The van der Waals surface area contributed by atoms with Crippen LogP contribution in [-0.4, -0.2) is 12.1 Å². The summed E-state index contributed by atoms with van der Waals surface area (Å²) >= 11 is 12.2. The molecule has 4 amide bonds. The number of urea groups is 2. The molecule has 0 saturated carbocycles. The Morgan fingerprint density at radius 3 is 1.22 bits per heavy atom. The van der Waals surface area contributed by atoms with Gasteiger partial charge in [-0.2, -0.15) is 0 Å². The zero-order valence-electron chi connectivity index (χ0n) is 20.4. The maximum atomic E-state index is 12.3. The number of hydrogen-bond donors (Lipinski definition) is 4. The number of anilines is 4. The lowest BCUT2D eigenvalue weighted by Crippen LogP contribution is -2.19. The highest BCUT2D eigenvalue weighted by molar-refractivity contribution is 6.32. The van der Waals surface area contributed by atoms with Crippen LogP contribution >= 0.6 is 23.2 Å². The highest BCUT2D eigenvalue weighted by atomic mass is 35.5. The van der Waals surface area contributed by atoms with Crippen molar-refractivity contribution in [2.75, 3.05) is 21.3 Å². The van der Waals surface area contributed by atoms with E-state index in [1.54, 1.807) is 24.3 Å². The number of hydrogen-bond acceptors (Lipinski definition) is 2. The quantitative estimate of drug-likeness (QED) is 0.200. The predicted molar refractivity (Wildman–Crippen MR) is 153 cm³/mol. The van der Waals surface area contributed by atoms with Gasteiger partial charge in [-0.1, -0.05) is 59.6 Å². The van der Waals surface area contributed by atoms with Crippen molar-refractivity contribution in [2.24, 2.45) is 0 Å². The van der Waals surface area contributed by atoms with E-state index in [-0.39, 0.29) is 12.1 Å². The number of nitrogens with one attached hydrogen (secondary N) is 4. The predicted octanol–water partition coefficient (Wildman–Crippen LogP) is 8.49. The van der Waals surface area contributed by atoms with E-state index in [0.717, 1.165) is 22.3 Å². The second-order valence-electron chi connectivity index (χ2n) is 8.66. The minimum atomic E-state index is -0.342. The zero-order valence-corrected chi connectivity index (χ0v) is 21.9. The van der Waals surface area contributed by atoms with E-state index in [9.17, 15) is 9.59 Å². The first-order valence-electron chi connectivity index (χ1n) is 11.6. The molecule has 0 bridgehead atoms. The van der Waals surface area contributed by atoms with Crippen LogP contribution in [0.1, 0.15) is 22.3 Å². The molecular weight excluding hydrogens is 507 g/mol. The smallest absolute Gasteiger partial charge is 0.308 e. The third kappa shape index (κ3) is 7.49. The fourth-order valence-electron chi connectivity index (χ4n) is 3.58. The Balaban J connectivity index is 1.27. The molecule has 0 aliphatic heterocycles. The standard InChI is InChI=1S/C29H26Cl2N4O2/c1-18-3-9-24(16-26(18)30)34-28(36)32-22-11-5-20(6-12-22)15-21-7-13-23(14-8-21)33-29(37)35-25-10-4-19(2)27(31)17-25/h3-14,16-17H,15H2,1-2H3,(H2,32,34,36)(H2,33,35,37). The average Bonchev–Trinajstić information content (AvgIpc) is 2.86. The van der Waals surface area contributed by atoms with E-state index in [1.165, 1.54) is 0 Å². The Morgan fingerprint density at radius 1 is 0.541 bits per heavy atom. The van der Waals surface area contributed by atoms with Gasteiger partial charge in [0.2, 0.25) is 0 Å². The molecule has 0 fully saturated rings. The molecule has 0 aliphatic rings. The largest absolute Gasteiger partial charge is 0.323 e. The molecule has 0 atom stereocenters. The molecule has 188 valence electrons. The van der Waals surface area contributed by atoms with Crippen molar-refractivity contribution in [3.63, 3.8) is 0 Å². The molecule has 0 radical (unpaired) electrons. The van der Waals surface area contributed by atoms with Crippen molar-refractivity contribution in [3.8, 4) is 0 Å². The molecule has 0 saturated heterocycles. The summed E-state index contributed by atoms with van der Waals surface area (Å²) in [6, 6.07) is 25.3. The number of aryl methyl sites for hydroxylation is 2. The summed E-state index contributed by atoms with van der Waals surface area (Å²) in [6.07, 6.45) is 0.711. The van der Waals surface area contributed by atoms with Crippen LogP contribution in [0.3, 0.4) is 0 Å². The topological polar surface area (TPSA) is 82.3 Å². The Bertz CT molecular complexity index is 1310. The molecule has 4 N–H and O–H groups in total. The summed E-state index contributed by atoms with van der Waals surface area (Å²) in [5, 5.41) is 12.4. The third-order valence-corrected chi connectivity index (χ3v) is 6.51. The van der Waals surface area contributed by atoms with Gasteiger partial charge in [0.15, 0.2) is 0 Å². The molecule has 4 aromatic rings. The lowest BCUT2D eigenvalue weighted by Gasteiger charge is -2.10. The molecule has 4 aromatic carbocycles. The van der Waals surface area contributed by atoms with Gasteiger partial charge in [0.25, 0.3) is 0 Å². The van der Waals surface area contributed by atoms with E-state index in [2.05, 4.69) is 21.3 Å². The summed E-state index contributed by atoms with van der Waals surface area (Å²) in [6.45, 7) is 3.81. The maximum absolute atomic E-state index is 12.3. The Labute approximate surface area is 226 Å². The molecular formula is C29H26Cl2N4O2. The Morgan fingerprint density at radius 2 is 0.865 bits per heavy atom. The highest BCUT2D eigenvalue weighted by Gasteiger charge is 2.07. The van der Waals surface area contributed by atoms with Gasteiger partial charge in [-0.3, -0.25) is 0 Å². The first kappa shape index (κ1) is 26.1. The molecule has 0 heterocycles. The summed E-state index contributed by atoms with van der Waals surface area (Å²) in [4.78, 5) is 24.6. The normalized spacial score (nSPS) is 10.5. The van der Waals surface area contributed by atoms with Crippen LogP contribution in [-0.2, 0) is 6.42 Å². The number of carbonyl (C=O) groups is 2. The molecule has 0 unspecified atom stereocenters. The van der Waals surface area contributed by atoms with Crippen LogP contribution in [0.4, 0.5) is 32.3 Å². The van der Waals surface area contributed by atoms with Crippen LogP contribution in [0.2, 0.25) is 10.0 Å². The van der Waals surface area contributed by atoms with E-state index in [1.807, 2.05) is 74.5 Å². The Kier molecular flexibility index (Phi) is 8.33. The van der Waals surface area contributed by atoms with E-state index in [0.29, 0.717) is 39.2 Å². The molecule has 0 aromatic heterocycles. The first-order valence-corrected chi connectivity index (χ1v) is 12.4. The van der Waals surface area contributed by atoms with Crippen molar-refractivity contribution in [1.82, 2.24) is 0 Å². The Hall–Kier alpha value is -4.00. The van der Waals surface area contributed by atoms with E-state index >= 15 is 0 Å². The highest BCUT2D eigenvalue weighted by Crippen LogP contribution is 2.22. The number of rotatable bonds is 6. The van der Waals surface area contributed by atoms with Gasteiger partial charge >= 0.3 is 12.1 Å². The van der Waals surface area contributed by atoms with Crippen molar-refractivity contribution in [1.29, 1.82) is 0 Å². The molecule has 37 heavy (non-hydrogen) atoms. The van der Waals surface area contributed by atoms with Crippen molar-refractivity contribution < 1.29 is 9.59 Å². The van der Waals surface area contributed by atoms with Gasteiger partial charge in [-0.15, -0.1) is 0 Å². The van der Waals surface area contributed by atoms with Gasteiger partial charge < -0.3 is 21.3 Å². The van der Waals surface area contributed by atoms with Crippen LogP contribution in [0.15, 0.2) is 84.9 Å². The maximum Gasteiger partial charge on any atom is 0.323 e. The average molecular weight is 533 g/mol.